The number of nitriles is 1. The van der Waals surface area contributed by atoms with E-state index in [-0.39, 0.29) is 11.0 Å². The van der Waals surface area contributed by atoms with Gasteiger partial charge in [-0.05, 0) is 18.2 Å². The summed E-state index contributed by atoms with van der Waals surface area (Å²) in [6.07, 6.45) is 0. The van der Waals surface area contributed by atoms with E-state index in [4.69, 9.17) is 5.26 Å². The van der Waals surface area contributed by atoms with Crippen LogP contribution in [0, 0.1) is 17.1 Å². The lowest BCUT2D eigenvalue weighted by Gasteiger charge is -2.14. The molecule has 1 N–H and O–H groups in total. The molecule has 1 heterocycles. The van der Waals surface area contributed by atoms with E-state index in [2.05, 4.69) is 31.1 Å². The van der Waals surface area contributed by atoms with Crippen molar-refractivity contribution in [1.82, 2.24) is 4.98 Å². The lowest BCUT2D eigenvalue weighted by atomic mass is 9.93. The monoisotopic (exact) mass is 275 g/mol. The number of halogens is 1. The molecule has 0 aliphatic rings. The highest BCUT2D eigenvalue weighted by molar-refractivity contribution is 7.13. The van der Waals surface area contributed by atoms with Crippen LogP contribution in [0.4, 0.5) is 15.2 Å². The highest BCUT2D eigenvalue weighted by atomic mass is 32.1. The predicted molar refractivity (Wildman–Crippen MR) is 75.2 cm³/mol. The molecule has 2 rings (SSSR count). The maximum atomic E-state index is 13.3. The van der Waals surface area contributed by atoms with Gasteiger partial charge >= 0.3 is 0 Å². The van der Waals surface area contributed by atoms with Gasteiger partial charge in [-0.2, -0.15) is 5.26 Å². The molecule has 3 nitrogen and oxygen atoms in total. The molecule has 0 aliphatic heterocycles. The van der Waals surface area contributed by atoms with Gasteiger partial charge in [0.05, 0.1) is 17.3 Å². The molecule has 0 unspecified atom stereocenters. The molecule has 0 amide bonds. The van der Waals surface area contributed by atoms with Crippen LogP contribution in [0.2, 0.25) is 0 Å². The maximum absolute atomic E-state index is 13.3. The zero-order valence-electron chi connectivity index (χ0n) is 11.0. The topological polar surface area (TPSA) is 48.7 Å². The van der Waals surface area contributed by atoms with Crippen molar-refractivity contribution >= 4 is 22.2 Å². The fourth-order valence-electron chi connectivity index (χ4n) is 1.53. The van der Waals surface area contributed by atoms with Crippen LogP contribution < -0.4 is 5.32 Å². The molecule has 1 aromatic heterocycles. The van der Waals surface area contributed by atoms with Gasteiger partial charge in [-0.1, -0.05) is 20.8 Å². The van der Waals surface area contributed by atoms with Gasteiger partial charge < -0.3 is 5.32 Å². The van der Waals surface area contributed by atoms with Crippen molar-refractivity contribution < 1.29 is 4.39 Å². The first-order valence-corrected chi connectivity index (χ1v) is 6.70. The molecule has 2 aromatic rings. The van der Waals surface area contributed by atoms with Gasteiger partial charge in [-0.15, -0.1) is 11.3 Å². The van der Waals surface area contributed by atoms with Crippen LogP contribution in [0.1, 0.15) is 32.0 Å². The number of hydrogen-bond donors (Lipinski definition) is 1. The average Bonchev–Trinajstić information content (AvgIpc) is 2.76. The van der Waals surface area contributed by atoms with Crippen LogP contribution in [-0.2, 0) is 5.41 Å². The van der Waals surface area contributed by atoms with Crippen LogP contribution in [0.25, 0.3) is 0 Å². The molecule has 0 aliphatic carbocycles. The van der Waals surface area contributed by atoms with Crippen LogP contribution in [0.5, 0.6) is 0 Å². The second-order valence-corrected chi connectivity index (χ2v) is 6.11. The Morgan fingerprint density at radius 2 is 2.05 bits per heavy atom. The lowest BCUT2D eigenvalue weighted by Crippen LogP contribution is -2.11. The standard InChI is InChI=1S/C14H14FN3S/c1-14(2,3)12-8-19-13(18-12)17-11-5-9(7-16)4-10(15)6-11/h4-6,8H,1-3H3,(H,17,18). The molecular formula is C14H14FN3S. The average molecular weight is 275 g/mol. The van der Waals surface area contributed by atoms with Gasteiger partial charge in [0, 0.05) is 16.5 Å². The maximum Gasteiger partial charge on any atom is 0.187 e. The largest absolute Gasteiger partial charge is 0.331 e. The van der Waals surface area contributed by atoms with Crippen LogP contribution in [0.3, 0.4) is 0 Å². The minimum absolute atomic E-state index is 0.0177. The molecule has 0 spiro atoms. The van der Waals surface area contributed by atoms with E-state index in [9.17, 15) is 4.39 Å². The molecule has 5 heteroatoms. The zero-order valence-corrected chi connectivity index (χ0v) is 11.8. The van der Waals surface area contributed by atoms with Crippen molar-refractivity contribution in [2.24, 2.45) is 0 Å². The van der Waals surface area contributed by atoms with Crippen LogP contribution >= 0.6 is 11.3 Å². The summed E-state index contributed by atoms with van der Waals surface area (Å²) >= 11 is 1.46. The first-order chi connectivity index (χ1) is 8.88. The summed E-state index contributed by atoms with van der Waals surface area (Å²) in [7, 11) is 0. The third-order valence-electron chi connectivity index (χ3n) is 2.55. The minimum atomic E-state index is -0.436. The van der Waals surface area contributed by atoms with E-state index in [0.29, 0.717) is 10.8 Å². The van der Waals surface area contributed by atoms with Crippen molar-refractivity contribution in [2.45, 2.75) is 26.2 Å². The Balaban J connectivity index is 2.25. The Morgan fingerprint density at radius 3 is 2.63 bits per heavy atom. The molecule has 98 valence electrons. The zero-order chi connectivity index (χ0) is 14.0. The van der Waals surface area contributed by atoms with E-state index in [1.807, 2.05) is 11.4 Å². The van der Waals surface area contributed by atoms with Crippen LogP contribution in [-0.4, -0.2) is 4.98 Å². The van der Waals surface area contributed by atoms with Crippen molar-refractivity contribution in [1.29, 1.82) is 5.26 Å². The number of nitrogens with one attached hydrogen (secondary N) is 1. The number of rotatable bonds is 2. The Labute approximate surface area is 115 Å². The van der Waals surface area contributed by atoms with Gasteiger partial charge in [0.2, 0.25) is 0 Å². The summed E-state index contributed by atoms with van der Waals surface area (Å²) in [4.78, 5) is 4.46. The number of nitrogens with zero attached hydrogens (tertiary/aromatic N) is 2. The molecule has 0 saturated heterocycles. The minimum Gasteiger partial charge on any atom is -0.331 e. The second-order valence-electron chi connectivity index (χ2n) is 5.25. The fourth-order valence-corrected chi connectivity index (χ4v) is 2.48. The first kappa shape index (κ1) is 13.5. The summed E-state index contributed by atoms with van der Waals surface area (Å²) in [6.45, 7) is 6.26. The molecule has 1 aromatic carbocycles. The summed E-state index contributed by atoms with van der Waals surface area (Å²) in [5.41, 5.74) is 1.79. The molecule has 0 fully saturated rings. The number of hydrogen-bond acceptors (Lipinski definition) is 4. The van der Waals surface area contributed by atoms with Crippen molar-refractivity contribution in [3.63, 3.8) is 0 Å². The van der Waals surface area contributed by atoms with E-state index in [0.717, 1.165) is 5.69 Å². The Hall–Kier alpha value is -1.93. The first-order valence-electron chi connectivity index (χ1n) is 5.82. The number of anilines is 2. The predicted octanol–water partition coefficient (Wildman–Crippen LogP) is 4.19. The van der Waals surface area contributed by atoms with E-state index in [1.54, 1.807) is 6.07 Å². The van der Waals surface area contributed by atoms with Gasteiger partial charge in [0.25, 0.3) is 0 Å². The Kier molecular flexibility index (Phi) is 3.54. The normalized spacial score (nSPS) is 11.1. The lowest BCUT2D eigenvalue weighted by molar-refractivity contribution is 0.573. The smallest absolute Gasteiger partial charge is 0.187 e. The summed E-state index contributed by atoms with van der Waals surface area (Å²) in [6, 6.07) is 6.07. The SMILES string of the molecule is CC(C)(C)c1csc(Nc2cc(F)cc(C#N)c2)n1. The summed E-state index contributed by atoms with van der Waals surface area (Å²) in [5, 5.41) is 14.5. The Bertz CT molecular complexity index is 635. The van der Waals surface area contributed by atoms with E-state index in [1.165, 1.54) is 23.5 Å². The van der Waals surface area contributed by atoms with E-state index < -0.39 is 5.82 Å². The quantitative estimate of drug-likeness (QED) is 0.893. The van der Waals surface area contributed by atoms with E-state index >= 15 is 0 Å². The molecule has 0 atom stereocenters. The molecule has 0 saturated carbocycles. The van der Waals surface area contributed by atoms with Gasteiger partial charge in [0.15, 0.2) is 5.13 Å². The highest BCUT2D eigenvalue weighted by Crippen LogP contribution is 2.28. The van der Waals surface area contributed by atoms with Crippen molar-refractivity contribution in [3.05, 3.63) is 40.7 Å². The van der Waals surface area contributed by atoms with Gasteiger partial charge in [0.1, 0.15) is 5.82 Å². The number of thiazole rings is 1. The molecular weight excluding hydrogens is 261 g/mol. The third kappa shape index (κ3) is 3.30. The molecule has 0 radical (unpaired) electrons. The van der Waals surface area contributed by atoms with Crippen molar-refractivity contribution in [3.8, 4) is 6.07 Å². The van der Waals surface area contributed by atoms with Gasteiger partial charge in [-0.25, -0.2) is 9.37 Å². The number of aromatic nitrogens is 1. The number of benzene rings is 1. The van der Waals surface area contributed by atoms with Gasteiger partial charge in [-0.3, -0.25) is 0 Å². The Morgan fingerprint density at radius 1 is 1.32 bits per heavy atom. The second kappa shape index (κ2) is 4.98. The molecule has 19 heavy (non-hydrogen) atoms. The van der Waals surface area contributed by atoms with Crippen LogP contribution in [0.15, 0.2) is 23.6 Å². The fraction of sp³-hybridized carbons (Fsp3) is 0.286. The summed E-state index contributed by atoms with van der Waals surface area (Å²) in [5.74, 6) is -0.436. The third-order valence-corrected chi connectivity index (χ3v) is 3.31. The highest BCUT2D eigenvalue weighted by Gasteiger charge is 2.17. The summed E-state index contributed by atoms with van der Waals surface area (Å²) < 4.78 is 13.3. The molecule has 0 bridgehead atoms. The van der Waals surface area contributed by atoms with Crippen molar-refractivity contribution in [2.75, 3.05) is 5.32 Å².